The van der Waals surface area contributed by atoms with Crippen LogP contribution in [0.1, 0.15) is 36.8 Å². The van der Waals surface area contributed by atoms with Gasteiger partial charge in [-0.15, -0.1) is 0 Å². The highest BCUT2D eigenvalue weighted by atomic mass is 127. The summed E-state index contributed by atoms with van der Waals surface area (Å²) in [5, 5.41) is 0. The Morgan fingerprint density at radius 2 is 1.75 bits per heavy atom. The van der Waals surface area contributed by atoms with Crippen molar-refractivity contribution in [1.29, 1.82) is 0 Å². The van der Waals surface area contributed by atoms with Gasteiger partial charge in [-0.25, -0.2) is 0 Å². The van der Waals surface area contributed by atoms with Crippen LogP contribution in [0.4, 0.5) is 18.9 Å². The fraction of sp³-hybridized carbons (Fsp3) is 0.571. The molecule has 1 saturated heterocycles. The second-order valence-corrected chi connectivity index (χ2v) is 5.78. The molecule has 1 aliphatic heterocycles. The van der Waals surface area contributed by atoms with Crippen LogP contribution in [-0.4, -0.2) is 13.1 Å². The van der Waals surface area contributed by atoms with Gasteiger partial charge in [0.1, 0.15) is 0 Å². The number of alkyl halides is 3. The molecule has 0 atom stereocenters. The summed E-state index contributed by atoms with van der Waals surface area (Å²) < 4.78 is 42.3. The molecular weight excluding hydrogens is 380 g/mol. The quantitative estimate of drug-likeness (QED) is 0.595. The van der Waals surface area contributed by atoms with Crippen molar-refractivity contribution in [2.45, 2.75) is 38.4 Å². The monoisotopic (exact) mass is 398 g/mol. The Kier molecular flexibility index (Phi) is 5.54. The Balaban J connectivity index is 2.40. The lowest BCUT2D eigenvalue weighted by Crippen LogP contribution is -2.27. The van der Waals surface area contributed by atoms with Crippen LogP contribution >= 0.6 is 22.9 Å². The van der Waals surface area contributed by atoms with Gasteiger partial charge in [-0.2, -0.15) is 13.2 Å². The fourth-order valence-corrected chi connectivity index (χ4v) is 3.08. The summed E-state index contributed by atoms with van der Waals surface area (Å²) in [6, 6.07) is 4.49. The second-order valence-electron chi connectivity index (χ2n) is 5.01. The largest absolute Gasteiger partial charge is 0.416 e. The van der Waals surface area contributed by atoms with Gasteiger partial charge >= 0.3 is 6.18 Å². The van der Waals surface area contributed by atoms with Gasteiger partial charge in [0.15, 0.2) is 0 Å². The van der Waals surface area contributed by atoms with E-state index in [2.05, 4.69) is 8.43 Å². The molecule has 20 heavy (non-hydrogen) atoms. The van der Waals surface area contributed by atoms with Gasteiger partial charge in [-0.1, -0.05) is 18.9 Å². The lowest BCUT2D eigenvalue weighted by atomic mass is 10.0. The van der Waals surface area contributed by atoms with Crippen molar-refractivity contribution in [3.63, 3.8) is 0 Å². The molecule has 1 fully saturated rings. The van der Waals surface area contributed by atoms with E-state index in [-0.39, 0.29) is 6.54 Å². The molecule has 2 nitrogen and oxygen atoms in total. The standard InChI is InChI=1S/C14H18F3IN2/c15-14(16,17)12-6-5-7-13(11(12)10-19-18)20-8-3-1-2-4-9-20/h5-7,19H,1-4,8-10H2. The molecule has 0 unspecified atom stereocenters. The summed E-state index contributed by atoms with van der Waals surface area (Å²) in [5.41, 5.74) is 0.561. The lowest BCUT2D eigenvalue weighted by molar-refractivity contribution is -0.138. The molecule has 0 spiro atoms. The molecular formula is C14H18F3IN2. The van der Waals surface area contributed by atoms with Crippen LogP contribution < -0.4 is 8.43 Å². The maximum absolute atomic E-state index is 13.2. The number of halogens is 4. The van der Waals surface area contributed by atoms with Gasteiger partial charge in [0.05, 0.1) is 5.56 Å². The van der Waals surface area contributed by atoms with Gasteiger partial charge in [-0.05, 0) is 25.0 Å². The molecule has 2 rings (SSSR count). The Bertz CT molecular complexity index is 441. The van der Waals surface area contributed by atoms with Crippen molar-refractivity contribution in [3.05, 3.63) is 29.3 Å². The molecule has 0 bridgehead atoms. The average molecular weight is 398 g/mol. The van der Waals surface area contributed by atoms with E-state index in [0.29, 0.717) is 5.56 Å². The number of anilines is 1. The maximum atomic E-state index is 13.2. The number of rotatable bonds is 3. The molecule has 1 aromatic rings. The zero-order chi connectivity index (χ0) is 14.6. The highest BCUT2D eigenvalue weighted by Crippen LogP contribution is 2.37. The Morgan fingerprint density at radius 1 is 1.10 bits per heavy atom. The van der Waals surface area contributed by atoms with Gasteiger partial charge in [-0.3, -0.25) is 3.53 Å². The van der Waals surface area contributed by atoms with Crippen molar-refractivity contribution in [2.24, 2.45) is 0 Å². The summed E-state index contributed by atoms with van der Waals surface area (Å²) in [7, 11) is 0. The van der Waals surface area contributed by atoms with E-state index >= 15 is 0 Å². The van der Waals surface area contributed by atoms with Crippen molar-refractivity contribution in [2.75, 3.05) is 18.0 Å². The molecule has 1 aliphatic rings. The predicted molar refractivity (Wildman–Crippen MR) is 83.0 cm³/mol. The minimum atomic E-state index is -4.30. The Hall–Kier alpha value is -0.500. The third-order valence-electron chi connectivity index (χ3n) is 3.65. The molecule has 1 N–H and O–H groups in total. The number of nitrogens with zero attached hydrogens (tertiary/aromatic N) is 1. The van der Waals surface area contributed by atoms with Crippen molar-refractivity contribution in [1.82, 2.24) is 3.53 Å². The van der Waals surface area contributed by atoms with E-state index in [1.54, 1.807) is 0 Å². The van der Waals surface area contributed by atoms with E-state index in [0.717, 1.165) is 44.5 Å². The third-order valence-corrected chi connectivity index (χ3v) is 4.03. The number of benzene rings is 1. The van der Waals surface area contributed by atoms with Gasteiger partial charge in [0.25, 0.3) is 0 Å². The highest BCUT2D eigenvalue weighted by molar-refractivity contribution is 14.1. The Labute approximate surface area is 131 Å². The molecule has 0 radical (unpaired) electrons. The first kappa shape index (κ1) is 15.9. The minimum absolute atomic E-state index is 0.224. The van der Waals surface area contributed by atoms with Gasteiger partial charge < -0.3 is 4.90 Å². The normalized spacial score (nSPS) is 17.1. The van der Waals surface area contributed by atoms with Crippen LogP contribution in [-0.2, 0) is 12.7 Å². The van der Waals surface area contributed by atoms with Crippen molar-refractivity contribution >= 4 is 28.6 Å². The van der Waals surface area contributed by atoms with Crippen LogP contribution in [0, 0.1) is 0 Å². The fourth-order valence-electron chi connectivity index (χ4n) is 2.70. The smallest absolute Gasteiger partial charge is 0.371 e. The molecule has 0 aliphatic carbocycles. The summed E-state index contributed by atoms with van der Waals surface area (Å²) in [5.74, 6) is 0. The summed E-state index contributed by atoms with van der Waals surface area (Å²) in [6.07, 6.45) is 0.121. The predicted octanol–water partition coefficient (Wildman–Crippen LogP) is 4.53. The van der Waals surface area contributed by atoms with E-state index in [1.165, 1.54) is 12.1 Å². The van der Waals surface area contributed by atoms with E-state index in [4.69, 9.17) is 0 Å². The van der Waals surface area contributed by atoms with Crippen LogP contribution in [0.15, 0.2) is 18.2 Å². The zero-order valence-electron chi connectivity index (χ0n) is 11.1. The van der Waals surface area contributed by atoms with E-state index in [9.17, 15) is 13.2 Å². The van der Waals surface area contributed by atoms with Gasteiger partial charge in [0, 0.05) is 53.7 Å². The molecule has 6 heteroatoms. The van der Waals surface area contributed by atoms with Crippen LogP contribution in [0.2, 0.25) is 0 Å². The van der Waals surface area contributed by atoms with E-state index in [1.807, 2.05) is 28.9 Å². The van der Waals surface area contributed by atoms with E-state index < -0.39 is 11.7 Å². The van der Waals surface area contributed by atoms with Crippen LogP contribution in [0.3, 0.4) is 0 Å². The Morgan fingerprint density at radius 3 is 2.30 bits per heavy atom. The number of hydrogen-bond donors (Lipinski definition) is 1. The van der Waals surface area contributed by atoms with Gasteiger partial charge in [0.2, 0.25) is 0 Å². The molecule has 0 amide bonds. The first-order valence-corrected chi connectivity index (χ1v) is 7.89. The summed E-state index contributed by atoms with van der Waals surface area (Å²) >= 11 is 1.90. The topological polar surface area (TPSA) is 15.3 Å². The third kappa shape index (κ3) is 3.78. The molecule has 1 aromatic carbocycles. The van der Waals surface area contributed by atoms with Crippen LogP contribution in [0.5, 0.6) is 0 Å². The minimum Gasteiger partial charge on any atom is -0.371 e. The summed E-state index contributed by atoms with van der Waals surface area (Å²) in [6.45, 7) is 1.91. The number of nitrogens with one attached hydrogen (secondary N) is 1. The number of hydrogen-bond acceptors (Lipinski definition) is 2. The van der Waals surface area contributed by atoms with Crippen LogP contribution in [0.25, 0.3) is 0 Å². The SMILES string of the molecule is FC(F)(F)c1cccc(N2CCCCCC2)c1CNI. The zero-order valence-corrected chi connectivity index (χ0v) is 13.3. The highest BCUT2D eigenvalue weighted by Gasteiger charge is 2.34. The lowest BCUT2D eigenvalue weighted by Gasteiger charge is -2.27. The molecule has 0 saturated carbocycles. The average Bonchev–Trinajstić information content (AvgIpc) is 2.67. The summed E-state index contributed by atoms with van der Waals surface area (Å²) in [4.78, 5) is 2.10. The van der Waals surface area contributed by atoms with Crippen molar-refractivity contribution in [3.8, 4) is 0 Å². The first-order valence-electron chi connectivity index (χ1n) is 6.81. The second kappa shape index (κ2) is 6.98. The molecule has 112 valence electrons. The van der Waals surface area contributed by atoms with Crippen molar-refractivity contribution < 1.29 is 13.2 Å². The molecule has 0 aromatic heterocycles. The molecule has 1 heterocycles. The maximum Gasteiger partial charge on any atom is 0.416 e. The first-order chi connectivity index (χ1) is 9.54.